The van der Waals surface area contributed by atoms with Gasteiger partial charge in [0.05, 0.1) is 25.9 Å². The van der Waals surface area contributed by atoms with E-state index in [0.29, 0.717) is 28.0 Å². The standard InChI is InChI=1S/C22H23FO6/c1-22(2)5-4-14-8-15(9-18(23)20(14)29-22)21(26)28-12-13-6-16(10-24)17(11-25)19(7-13)27-3/h4-9,24-25H,10-12H2,1-3H3/i23-1. The highest BCUT2D eigenvalue weighted by Gasteiger charge is 2.26. The van der Waals surface area contributed by atoms with E-state index in [-0.39, 0.29) is 31.1 Å². The highest BCUT2D eigenvalue weighted by molar-refractivity contribution is 5.90. The Balaban J connectivity index is 1.79. The summed E-state index contributed by atoms with van der Waals surface area (Å²) >= 11 is 0. The van der Waals surface area contributed by atoms with Gasteiger partial charge in [0.15, 0.2) is 11.6 Å². The van der Waals surface area contributed by atoms with E-state index < -0.39 is 17.4 Å². The SMILES string of the molecule is COc1cc(COC(=O)c2cc([18F])c3c(c2)C=CC(C)(C)O3)cc(CO)c1CO. The fourth-order valence-electron chi connectivity index (χ4n) is 3.14. The van der Waals surface area contributed by atoms with Crippen molar-refractivity contribution in [1.82, 2.24) is 0 Å². The van der Waals surface area contributed by atoms with E-state index >= 15 is 0 Å². The maximum Gasteiger partial charge on any atom is 0.338 e. The molecule has 0 aromatic heterocycles. The summed E-state index contributed by atoms with van der Waals surface area (Å²) in [6.07, 6.45) is 3.50. The number of fused-ring (bicyclic) bond motifs is 1. The first-order chi connectivity index (χ1) is 13.8. The van der Waals surface area contributed by atoms with Crippen LogP contribution >= 0.6 is 0 Å². The van der Waals surface area contributed by atoms with Crippen molar-refractivity contribution in [1.29, 1.82) is 0 Å². The molecule has 1 aliphatic heterocycles. The molecule has 3 rings (SSSR count). The van der Waals surface area contributed by atoms with Crippen LogP contribution in [0.3, 0.4) is 0 Å². The lowest BCUT2D eigenvalue weighted by atomic mass is 10.0. The molecular formula is C22H23FO6. The van der Waals surface area contributed by atoms with Crippen LogP contribution in [0.25, 0.3) is 6.08 Å². The minimum absolute atomic E-state index is 0.0653. The lowest BCUT2D eigenvalue weighted by Crippen LogP contribution is -2.28. The number of aliphatic hydroxyl groups excluding tert-OH is 2. The first-order valence-corrected chi connectivity index (χ1v) is 9.07. The van der Waals surface area contributed by atoms with Gasteiger partial charge in [0, 0.05) is 11.1 Å². The van der Waals surface area contributed by atoms with Crippen LogP contribution in [0.2, 0.25) is 0 Å². The van der Waals surface area contributed by atoms with Gasteiger partial charge in [-0.2, -0.15) is 0 Å². The molecule has 2 N–H and O–H groups in total. The Kier molecular flexibility index (Phi) is 5.91. The van der Waals surface area contributed by atoms with Gasteiger partial charge in [-0.1, -0.05) is 6.08 Å². The molecule has 29 heavy (non-hydrogen) atoms. The van der Waals surface area contributed by atoms with Crippen LogP contribution in [0, 0.1) is 5.82 Å². The van der Waals surface area contributed by atoms with Crippen LogP contribution in [-0.2, 0) is 24.6 Å². The summed E-state index contributed by atoms with van der Waals surface area (Å²) in [4.78, 5) is 12.4. The fraction of sp³-hybridized carbons (Fsp3) is 0.318. The Morgan fingerprint density at radius 1 is 1.17 bits per heavy atom. The summed E-state index contributed by atoms with van der Waals surface area (Å²) in [5.41, 5.74) is 1.42. The largest absolute Gasteiger partial charge is 0.496 e. The zero-order chi connectivity index (χ0) is 21.2. The zero-order valence-electron chi connectivity index (χ0n) is 16.5. The second kappa shape index (κ2) is 8.23. The third-order valence-corrected chi connectivity index (χ3v) is 4.62. The van der Waals surface area contributed by atoms with E-state index in [1.807, 2.05) is 13.8 Å². The Hall–Kier alpha value is -2.90. The maximum absolute atomic E-state index is 14.4. The van der Waals surface area contributed by atoms with E-state index in [4.69, 9.17) is 14.2 Å². The van der Waals surface area contributed by atoms with E-state index in [2.05, 4.69) is 0 Å². The number of carbonyl (C=O) groups excluding carboxylic acids is 1. The number of ether oxygens (including phenoxy) is 3. The van der Waals surface area contributed by atoms with Crippen molar-refractivity contribution in [3.05, 3.63) is 64.0 Å². The summed E-state index contributed by atoms with van der Waals surface area (Å²) in [5, 5.41) is 18.9. The van der Waals surface area contributed by atoms with E-state index in [0.717, 1.165) is 6.07 Å². The molecule has 2 aromatic carbocycles. The molecule has 0 saturated heterocycles. The minimum atomic E-state index is -0.694. The lowest BCUT2D eigenvalue weighted by Gasteiger charge is -2.28. The van der Waals surface area contributed by atoms with Gasteiger partial charge in [-0.15, -0.1) is 0 Å². The Morgan fingerprint density at radius 3 is 2.59 bits per heavy atom. The summed E-state index contributed by atoms with van der Waals surface area (Å²) in [5.74, 6) is -0.843. The van der Waals surface area contributed by atoms with Gasteiger partial charge in [0.25, 0.3) is 0 Å². The predicted octanol–water partition coefficient (Wildman–Crippen LogP) is 3.36. The smallest absolute Gasteiger partial charge is 0.338 e. The van der Waals surface area contributed by atoms with Crippen molar-refractivity contribution in [2.75, 3.05) is 7.11 Å². The highest BCUT2D eigenvalue weighted by Crippen LogP contribution is 2.34. The molecule has 1 heterocycles. The number of esters is 1. The van der Waals surface area contributed by atoms with Crippen molar-refractivity contribution < 1.29 is 33.6 Å². The van der Waals surface area contributed by atoms with E-state index in [1.165, 1.54) is 13.2 Å². The lowest BCUT2D eigenvalue weighted by molar-refractivity contribution is 0.0471. The molecule has 2 aromatic rings. The highest BCUT2D eigenvalue weighted by atomic mass is 18.2. The van der Waals surface area contributed by atoms with Crippen molar-refractivity contribution in [2.45, 2.75) is 39.3 Å². The molecule has 0 fully saturated rings. The van der Waals surface area contributed by atoms with Crippen molar-refractivity contribution in [2.24, 2.45) is 0 Å². The average Bonchev–Trinajstić information content (AvgIpc) is 2.70. The maximum atomic E-state index is 14.4. The average molecular weight is 401 g/mol. The number of carbonyl (C=O) groups is 1. The molecule has 0 bridgehead atoms. The Morgan fingerprint density at radius 2 is 1.93 bits per heavy atom. The molecular weight excluding hydrogens is 378 g/mol. The number of hydrogen-bond donors (Lipinski definition) is 2. The number of benzene rings is 2. The van der Waals surface area contributed by atoms with Crippen molar-refractivity contribution >= 4 is 12.0 Å². The van der Waals surface area contributed by atoms with Gasteiger partial charge < -0.3 is 24.4 Å². The van der Waals surface area contributed by atoms with Crippen LogP contribution in [0.5, 0.6) is 11.5 Å². The monoisotopic (exact) mass is 401 g/mol. The third kappa shape index (κ3) is 4.41. The first kappa shape index (κ1) is 20.8. The molecule has 6 nitrogen and oxygen atoms in total. The second-order valence-electron chi connectivity index (χ2n) is 7.24. The summed E-state index contributed by atoms with van der Waals surface area (Å²) in [6, 6.07) is 5.84. The van der Waals surface area contributed by atoms with E-state index in [9.17, 15) is 19.4 Å². The third-order valence-electron chi connectivity index (χ3n) is 4.62. The molecule has 0 atom stereocenters. The molecule has 0 spiro atoms. The number of rotatable bonds is 6. The van der Waals surface area contributed by atoms with Crippen LogP contribution in [0.1, 0.15) is 46.5 Å². The molecule has 0 amide bonds. The molecule has 154 valence electrons. The van der Waals surface area contributed by atoms with Gasteiger partial charge >= 0.3 is 5.97 Å². The number of hydrogen-bond acceptors (Lipinski definition) is 6. The molecule has 0 aliphatic carbocycles. The topological polar surface area (TPSA) is 85.2 Å². The summed E-state index contributed by atoms with van der Waals surface area (Å²) in [6.45, 7) is 2.93. The molecule has 7 heteroatoms. The molecule has 0 radical (unpaired) electrons. The molecule has 1 aliphatic rings. The summed E-state index contributed by atoms with van der Waals surface area (Å²) < 4.78 is 30.6. The van der Waals surface area contributed by atoms with Crippen LogP contribution in [0.4, 0.5) is 4.39 Å². The minimum Gasteiger partial charge on any atom is -0.496 e. The molecule has 0 saturated carbocycles. The van der Waals surface area contributed by atoms with Gasteiger partial charge in [0.1, 0.15) is 18.0 Å². The zero-order valence-corrected chi connectivity index (χ0v) is 16.5. The Labute approximate surface area is 168 Å². The number of aliphatic hydroxyl groups is 2. The van der Waals surface area contributed by atoms with Crippen LogP contribution in [0.15, 0.2) is 30.3 Å². The summed E-state index contributed by atoms with van der Waals surface area (Å²) in [7, 11) is 1.44. The predicted molar refractivity (Wildman–Crippen MR) is 104 cm³/mol. The number of halogens is 1. The quantitative estimate of drug-likeness (QED) is 0.722. The van der Waals surface area contributed by atoms with Crippen LogP contribution in [-0.4, -0.2) is 28.9 Å². The molecule has 0 unspecified atom stereocenters. The first-order valence-electron chi connectivity index (χ1n) is 9.07. The van der Waals surface area contributed by atoms with Crippen molar-refractivity contribution in [3.8, 4) is 11.5 Å². The second-order valence-corrected chi connectivity index (χ2v) is 7.24. The van der Waals surface area contributed by atoms with Gasteiger partial charge in [0.2, 0.25) is 0 Å². The van der Waals surface area contributed by atoms with Crippen molar-refractivity contribution in [3.63, 3.8) is 0 Å². The van der Waals surface area contributed by atoms with Gasteiger partial charge in [-0.25, -0.2) is 9.18 Å². The Bertz CT molecular complexity index is 939. The normalized spacial score (nSPS) is 14.1. The number of methoxy groups -OCH3 is 1. The van der Waals surface area contributed by atoms with Gasteiger partial charge in [-0.05, 0) is 55.3 Å². The van der Waals surface area contributed by atoms with Gasteiger partial charge in [-0.3, -0.25) is 0 Å². The van der Waals surface area contributed by atoms with E-state index in [1.54, 1.807) is 24.3 Å². The fourth-order valence-corrected chi connectivity index (χ4v) is 3.14. The van der Waals surface area contributed by atoms with Crippen LogP contribution < -0.4 is 9.47 Å².